The monoisotopic (exact) mass is 373 g/mol. The minimum absolute atomic E-state index is 0.0291. The fourth-order valence-corrected chi connectivity index (χ4v) is 3.88. The first-order valence-electron chi connectivity index (χ1n) is 8.21. The number of rotatable bonds is 5. The second-order valence-corrected chi connectivity index (χ2v) is 7.89. The van der Waals surface area contributed by atoms with Crippen molar-refractivity contribution in [2.45, 2.75) is 31.1 Å². The van der Waals surface area contributed by atoms with E-state index in [-0.39, 0.29) is 16.2 Å². The van der Waals surface area contributed by atoms with Gasteiger partial charge in [0.1, 0.15) is 0 Å². The predicted octanol–water partition coefficient (Wildman–Crippen LogP) is 2.17. The van der Waals surface area contributed by atoms with Crippen molar-refractivity contribution in [3.8, 4) is 0 Å². The minimum atomic E-state index is -3.94. The van der Waals surface area contributed by atoms with E-state index < -0.39 is 22.6 Å². The van der Waals surface area contributed by atoms with E-state index >= 15 is 0 Å². The van der Waals surface area contributed by atoms with Crippen LogP contribution in [0.3, 0.4) is 0 Å². The van der Waals surface area contributed by atoms with Gasteiger partial charge in [0.25, 0.3) is 0 Å². The van der Waals surface area contributed by atoms with Gasteiger partial charge in [0.2, 0.25) is 10.0 Å². The highest BCUT2D eigenvalue weighted by molar-refractivity contribution is 7.89. The Balaban J connectivity index is 1.70. The Labute approximate surface area is 152 Å². The van der Waals surface area contributed by atoms with Gasteiger partial charge < -0.3 is 4.74 Å². The predicted molar refractivity (Wildman–Crippen MR) is 95.6 cm³/mol. The van der Waals surface area contributed by atoms with Crippen LogP contribution in [0.5, 0.6) is 0 Å². The molecule has 0 atom stereocenters. The van der Waals surface area contributed by atoms with Crippen LogP contribution in [0.4, 0.5) is 0 Å². The molecule has 1 aliphatic rings. The molecule has 0 fully saturated rings. The van der Waals surface area contributed by atoms with E-state index in [1.54, 1.807) is 13.0 Å². The Morgan fingerprint density at radius 2 is 1.73 bits per heavy atom. The molecule has 2 aromatic carbocycles. The zero-order valence-corrected chi connectivity index (χ0v) is 15.1. The summed E-state index contributed by atoms with van der Waals surface area (Å²) in [7, 11) is -3.94. The molecule has 0 heterocycles. The number of hydrogen-bond donors (Lipinski definition) is 1. The van der Waals surface area contributed by atoms with Crippen molar-refractivity contribution in [2.24, 2.45) is 5.14 Å². The highest BCUT2D eigenvalue weighted by atomic mass is 32.2. The molecule has 0 saturated heterocycles. The van der Waals surface area contributed by atoms with E-state index in [0.717, 1.165) is 25.3 Å². The number of sulfonamides is 1. The average molecular weight is 373 g/mol. The summed E-state index contributed by atoms with van der Waals surface area (Å²) in [6, 6.07) is 9.60. The summed E-state index contributed by atoms with van der Waals surface area (Å²) >= 11 is 0. The number of ether oxygens (including phenoxy) is 1. The van der Waals surface area contributed by atoms with E-state index in [2.05, 4.69) is 0 Å². The molecule has 0 spiro atoms. The molecule has 0 amide bonds. The van der Waals surface area contributed by atoms with Crippen molar-refractivity contribution in [3.63, 3.8) is 0 Å². The maximum atomic E-state index is 12.3. The van der Waals surface area contributed by atoms with E-state index in [1.807, 2.05) is 12.1 Å². The quantitative estimate of drug-likeness (QED) is 0.639. The SMILES string of the molecule is Cc1ccc(C(=O)OCC(=O)c2ccc3c(c2)CCC3)cc1S(N)(=O)=O. The lowest BCUT2D eigenvalue weighted by Gasteiger charge is -2.08. The molecule has 0 saturated carbocycles. The Morgan fingerprint density at radius 3 is 2.46 bits per heavy atom. The molecule has 0 aromatic heterocycles. The first-order chi connectivity index (χ1) is 12.3. The third-order valence-electron chi connectivity index (χ3n) is 4.49. The molecule has 2 aromatic rings. The molecule has 0 bridgehead atoms. The van der Waals surface area contributed by atoms with E-state index in [4.69, 9.17) is 9.88 Å². The summed E-state index contributed by atoms with van der Waals surface area (Å²) in [6.07, 6.45) is 3.07. The maximum Gasteiger partial charge on any atom is 0.338 e. The van der Waals surface area contributed by atoms with Crippen molar-refractivity contribution in [1.82, 2.24) is 0 Å². The van der Waals surface area contributed by atoms with Crippen LogP contribution in [0.1, 0.15) is 43.8 Å². The van der Waals surface area contributed by atoms with Crippen molar-refractivity contribution in [3.05, 3.63) is 64.2 Å². The summed E-state index contributed by atoms with van der Waals surface area (Å²) in [6.45, 7) is 1.17. The number of benzene rings is 2. The Hall–Kier alpha value is -2.51. The Morgan fingerprint density at radius 1 is 1.04 bits per heavy atom. The van der Waals surface area contributed by atoms with Crippen LogP contribution >= 0.6 is 0 Å². The number of carbonyl (C=O) groups is 2. The summed E-state index contributed by atoms with van der Waals surface area (Å²) in [5, 5.41) is 5.14. The average Bonchev–Trinajstić information content (AvgIpc) is 3.06. The normalized spacial score (nSPS) is 13.3. The molecular formula is C19H19NO5S. The molecule has 3 rings (SSSR count). The van der Waals surface area contributed by atoms with Crippen LogP contribution in [-0.4, -0.2) is 26.8 Å². The summed E-state index contributed by atoms with van der Waals surface area (Å²) in [5.41, 5.74) is 3.39. The van der Waals surface area contributed by atoms with Crippen molar-refractivity contribution in [1.29, 1.82) is 0 Å². The van der Waals surface area contributed by atoms with Crippen LogP contribution in [-0.2, 0) is 27.6 Å². The number of nitrogens with two attached hydrogens (primary N) is 1. The van der Waals surface area contributed by atoms with Gasteiger partial charge in [0, 0.05) is 5.56 Å². The number of carbonyl (C=O) groups excluding carboxylic acids is 2. The van der Waals surface area contributed by atoms with Gasteiger partial charge in [-0.2, -0.15) is 0 Å². The number of aryl methyl sites for hydroxylation is 3. The highest BCUT2D eigenvalue weighted by Crippen LogP contribution is 2.23. The van der Waals surface area contributed by atoms with Crippen LogP contribution in [0, 0.1) is 6.92 Å². The van der Waals surface area contributed by atoms with Gasteiger partial charge in [0.15, 0.2) is 12.4 Å². The zero-order valence-electron chi connectivity index (χ0n) is 14.3. The molecular weight excluding hydrogens is 354 g/mol. The molecule has 2 N–H and O–H groups in total. The molecule has 0 unspecified atom stereocenters. The third kappa shape index (κ3) is 3.84. The fourth-order valence-electron chi connectivity index (χ4n) is 3.08. The molecule has 136 valence electrons. The van der Waals surface area contributed by atoms with Gasteiger partial charge in [-0.05, 0) is 61.1 Å². The summed E-state index contributed by atoms with van der Waals surface area (Å²) < 4.78 is 28.1. The van der Waals surface area contributed by atoms with Crippen LogP contribution in [0.25, 0.3) is 0 Å². The number of primary sulfonamides is 1. The van der Waals surface area contributed by atoms with Gasteiger partial charge in [0.05, 0.1) is 10.5 Å². The van der Waals surface area contributed by atoms with Crippen LogP contribution in [0.15, 0.2) is 41.3 Å². The lowest BCUT2D eigenvalue weighted by atomic mass is 10.0. The first-order valence-corrected chi connectivity index (χ1v) is 9.76. The van der Waals surface area contributed by atoms with Gasteiger partial charge >= 0.3 is 5.97 Å². The largest absolute Gasteiger partial charge is 0.454 e. The van der Waals surface area contributed by atoms with Gasteiger partial charge in [-0.25, -0.2) is 18.4 Å². The lowest BCUT2D eigenvalue weighted by Crippen LogP contribution is -2.17. The second-order valence-electron chi connectivity index (χ2n) is 6.36. The van der Waals surface area contributed by atoms with Gasteiger partial charge in [-0.3, -0.25) is 4.79 Å². The van der Waals surface area contributed by atoms with Crippen molar-refractivity contribution < 1.29 is 22.7 Å². The number of fused-ring (bicyclic) bond motifs is 1. The lowest BCUT2D eigenvalue weighted by molar-refractivity contribution is 0.0474. The van der Waals surface area contributed by atoms with Crippen LogP contribution in [0.2, 0.25) is 0 Å². The van der Waals surface area contributed by atoms with Crippen molar-refractivity contribution >= 4 is 21.8 Å². The maximum absolute atomic E-state index is 12.3. The minimum Gasteiger partial charge on any atom is -0.454 e. The van der Waals surface area contributed by atoms with Gasteiger partial charge in [-0.1, -0.05) is 18.2 Å². The molecule has 6 nitrogen and oxygen atoms in total. The standard InChI is InChI=1S/C19H19NO5S/c1-12-5-6-16(10-18(12)26(20,23)24)19(22)25-11-17(21)15-8-7-13-3-2-4-14(13)9-15/h5-10H,2-4,11H2,1H3,(H2,20,23,24). The van der Waals surface area contributed by atoms with Gasteiger partial charge in [-0.15, -0.1) is 0 Å². The van der Waals surface area contributed by atoms with E-state index in [1.165, 1.54) is 23.3 Å². The fraction of sp³-hybridized carbons (Fsp3) is 0.263. The topological polar surface area (TPSA) is 104 Å². The summed E-state index contributed by atoms with van der Waals surface area (Å²) in [5.74, 6) is -1.07. The Bertz CT molecular complexity index is 995. The molecule has 0 aliphatic heterocycles. The number of ketones is 1. The first kappa shape index (κ1) is 18.3. The number of Topliss-reactive ketones (excluding diaryl/α,β-unsaturated/α-hetero) is 1. The zero-order chi connectivity index (χ0) is 18.9. The number of hydrogen-bond acceptors (Lipinski definition) is 5. The van der Waals surface area contributed by atoms with E-state index in [9.17, 15) is 18.0 Å². The van der Waals surface area contributed by atoms with E-state index in [0.29, 0.717) is 11.1 Å². The highest BCUT2D eigenvalue weighted by Gasteiger charge is 2.18. The molecule has 1 aliphatic carbocycles. The van der Waals surface area contributed by atoms with Crippen molar-refractivity contribution in [2.75, 3.05) is 6.61 Å². The molecule has 26 heavy (non-hydrogen) atoms. The smallest absolute Gasteiger partial charge is 0.338 e. The molecule has 7 heteroatoms. The van der Waals surface area contributed by atoms with Crippen LogP contribution < -0.4 is 5.14 Å². The number of esters is 1. The molecule has 0 radical (unpaired) electrons. The third-order valence-corrected chi connectivity index (χ3v) is 5.54. The Kier molecular flexibility index (Phi) is 4.93. The summed E-state index contributed by atoms with van der Waals surface area (Å²) in [4.78, 5) is 24.3. The second kappa shape index (κ2) is 7.01.